The van der Waals surface area contributed by atoms with Crippen molar-refractivity contribution in [3.63, 3.8) is 0 Å². The number of amides is 1. The first-order valence-corrected chi connectivity index (χ1v) is 9.67. The van der Waals surface area contributed by atoms with Gasteiger partial charge in [-0.3, -0.25) is 4.79 Å². The minimum Gasteiger partial charge on any atom is -0.495 e. The van der Waals surface area contributed by atoms with E-state index < -0.39 is 15.9 Å². The molecule has 0 radical (unpaired) electrons. The minimum absolute atomic E-state index is 0.111. The Labute approximate surface area is 152 Å². The topological polar surface area (TPSA) is 108 Å². The summed E-state index contributed by atoms with van der Waals surface area (Å²) in [7, 11) is -2.63. The Balaban J connectivity index is 1.65. The van der Waals surface area contributed by atoms with Gasteiger partial charge in [0.25, 0.3) is 5.91 Å². The summed E-state index contributed by atoms with van der Waals surface area (Å²) in [5, 5.41) is 7.76. The molecule has 7 nitrogen and oxygen atoms in total. The normalized spacial score (nSPS) is 13.2. The summed E-state index contributed by atoms with van der Waals surface area (Å²) >= 11 is 0. The molecule has 0 bridgehead atoms. The molecule has 0 saturated heterocycles. The van der Waals surface area contributed by atoms with Crippen LogP contribution in [0, 0.1) is 0 Å². The Kier molecular flexibility index (Phi) is 5.15. The van der Waals surface area contributed by atoms with E-state index in [-0.39, 0.29) is 22.9 Å². The molecule has 1 aliphatic carbocycles. The van der Waals surface area contributed by atoms with Crippen molar-refractivity contribution in [1.82, 2.24) is 0 Å². The Morgan fingerprint density at radius 2 is 1.92 bits per heavy atom. The number of hydrogen-bond acceptors (Lipinski definition) is 5. The van der Waals surface area contributed by atoms with Crippen LogP contribution in [0.2, 0.25) is 0 Å². The van der Waals surface area contributed by atoms with Gasteiger partial charge in [0.2, 0.25) is 10.0 Å². The Morgan fingerprint density at radius 3 is 2.65 bits per heavy atom. The van der Waals surface area contributed by atoms with Crippen molar-refractivity contribution < 1.29 is 22.7 Å². The second kappa shape index (κ2) is 7.35. The van der Waals surface area contributed by atoms with Crippen molar-refractivity contribution in [2.45, 2.75) is 24.2 Å². The maximum absolute atomic E-state index is 12.1. The van der Waals surface area contributed by atoms with Crippen LogP contribution in [0.1, 0.15) is 17.5 Å². The number of rotatable bonds is 6. The number of anilines is 1. The maximum atomic E-state index is 12.1. The van der Waals surface area contributed by atoms with Gasteiger partial charge in [0.1, 0.15) is 16.4 Å². The molecule has 0 heterocycles. The minimum atomic E-state index is -3.97. The third-order valence-electron chi connectivity index (χ3n) is 4.19. The first kappa shape index (κ1) is 18.2. The highest BCUT2D eigenvalue weighted by molar-refractivity contribution is 7.89. The molecule has 3 rings (SSSR count). The van der Waals surface area contributed by atoms with E-state index in [1.807, 2.05) is 18.2 Å². The third-order valence-corrected chi connectivity index (χ3v) is 5.13. The fourth-order valence-electron chi connectivity index (χ4n) is 2.96. The Morgan fingerprint density at radius 1 is 1.15 bits per heavy atom. The van der Waals surface area contributed by atoms with E-state index in [2.05, 4.69) is 5.32 Å². The largest absolute Gasteiger partial charge is 0.495 e. The number of benzene rings is 2. The fraction of sp³-hybridized carbons (Fsp3) is 0.278. The van der Waals surface area contributed by atoms with Crippen LogP contribution in [0.4, 0.5) is 5.69 Å². The van der Waals surface area contributed by atoms with Crippen molar-refractivity contribution in [2.75, 3.05) is 19.0 Å². The summed E-state index contributed by atoms with van der Waals surface area (Å²) in [4.78, 5) is 11.9. The van der Waals surface area contributed by atoms with E-state index in [1.54, 1.807) is 0 Å². The van der Waals surface area contributed by atoms with E-state index in [9.17, 15) is 13.2 Å². The highest BCUT2D eigenvalue weighted by Crippen LogP contribution is 2.27. The van der Waals surface area contributed by atoms with Gasteiger partial charge in [-0.15, -0.1) is 0 Å². The highest BCUT2D eigenvalue weighted by atomic mass is 32.2. The van der Waals surface area contributed by atoms with Crippen LogP contribution >= 0.6 is 0 Å². The predicted octanol–water partition coefficient (Wildman–Crippen LogP) is 1.85. The molecule has 26 heavy (non-hydrogen) atoms. The zero-order chi connectivity index (χ0) is 18.7. The van der Waals surface area contributed by atoms with Crippen LogP contribution in [0.25, 0.3) is 0 Å². The molecule has 1 aliphatic rings. The van der Waals surface area contributed by atoms with Gasteiger partial charge in [0.05, 0.1) is 7.11 Å². The lowest BCUT2D eigenvalue weighted by Crippen LogP contribution is -2.21. The van der Waals surface area contributed by atoms with Crippen LogP contribution in [0.3, 0.4) is 0 Å². The van der Waals surface area contributed by atoms with Gasteiger partial charge in [-0.25, -0.2) is 13.6 Å². The number of primary sulfonamides is 1. The number of nitrogens with one attached hydrogen (secondary N) is 1. The van der Waals surface area contributed by atoms with E-state index in [1.165, 1.54) is 36.4 Å². The summed E-state index contributed by atoms with van der Waals surface area (Å²) in [6.45, 7) is -0.185. The van der Waals surface area contributed by atoms with E-state index in [0.717, 1.165) is 19.3 Å². The summed E-state index contributed by atoms with van der Waals surface area (Å²) in [6.07, 6.45) is 3.25. The van der Waals surface area contributed by atoms with Crippen molar-refractivity contribution in [3.8, 4) is 11.5 Å². The first-order valence-electron chi connectivity index (χ1n) is 8.12. The molecule has 0 fully saturated rings. The van der Waals surface area contributed by atoms with Crippen LogP contribution in [-0.4, -0.2) is 28.0 Å². The average molecular weight is 376 g/mol. The third kappa shape index (κ3) is 4.14. The van der Waals surface area contributed by atoms with Crippen molar-refractivity contribution in [1.29, 1.82) is 0 Å². The van der Waals surface area contributed by atoms with Gasteiger partial charge in [-0.2, -0.15) is 0 Å². The molecule has 2 aromatic carbocycles. The molecule has 0 spiro atoms. The fourth-order valence-corrected chi connectivity index (χ4v) is 3.68. The molecular weight excluding hydrogens is 356 g/mol. The Bertz CT molecular complexity index is 941. The molecule has 0 aromatic heterocycles. The number of fused-ring (bicyclic) bond motifs is 1. The summed E-state index contributed by atoms with van der Waals surface area (Å²) in [6, 6.07) is 10.0. The number of carbonyl (C=O) groups is 1. The zero-order valence-corrected chi connectivity index (χ0v) is 15.1. The van der Waals surface area contributed by atoms with Crippen molar-refractivity contribution >= 4 is 21.6 Å². The summed E-state index contributed by atoms with van der Waals surface area (Å²) < 4.78 is 33.7. The van der Waals surface area contributed by atoms with Gasteiger partial charge >= 0.3 is 0 Å². The molecule has 138 valence electrons. The predicted molar refractivity (Wildman–Crippen MR) is 97.0 cm³/mol. The molecule has 2 aromatic rings. The van der Waals surface area contributed by atoms with Crippen LogP contribution in [-0.2, 0) is 27.7 Å². The first-order chi connectivity index (χ1) is 12.4. The molecule has 3 N–H and O–H groups in total. The van der Waals surface area contributed by atoms with Gasteiger partial charge in [-0.1, -0.05) is 6.07 Å². The van der Waals surface area contributed by atoms with Crippen molar-refractivity contribution in [2.24, 2.45) is 5.14 Å². The van der Waals surface area contributed by atoms with Gasteiger partial charge in [0.15, 0.2) is 6.61 Å². The smallest absolute Gasteiger partial charge is 0.262 e. The maximum Gasteiger partial charge on any atom is 0.262 e. The standard InChI is InChI=1S/C18H20N2O5S/c1-24-16-8-6-14(10-17(16)26(19,22)23)20-18(21)11-25-15-7-5-12-3-2-4-13(12)9-15/h5-10H,2-4,11H2,1H3,(H,20,21)(H2,19,22,23). The van der Waals surface area contributed by atoms with Crippen molar-refractivity contribution in [3.05, 3.63) is 47.5 Å². The van der Waals surface area contributed by atoms with Gasteiger partial charge in [0, 0.05) is 5.69 Å². The molecular formula is C18H20N2O5S. The SMILES string of the molecule is COc1ccc(NC(=O)COc2ccc3c(c2)CCC3)cc1S(N)(=O)=O. The van der Waals surface area contributed by atoms with E-state index in [4.69, 9.17) is 14.6 Å². The second-order valence-electron chi connectivity index (χ2n) is 6.03. The van der Waals surface area contributed by atoms with E-state index in [0.29, 0.717) is 5.75 Å². The number of aryl methyl sites for hydroxylation is 2. The molecule has 8 heteroatoms. The number of hydrogen-bond donors (Lipinski definition) is 2. The summed E-state index contributed by atoms with van der Waals surface area (Å²) in [5.74, 6) is 0.344. The van der Waals surface area contributed by atoms with Crippen LogP contribution < -0.4 is 19.9 Å². The van der Waals surface area contributed by atoms with Crippen LogP contribution in [0.5, 0.6) is 11.5 Å². The zero-order valence-electron chi connectivity index (χ0n) is 14.3. The quantitative estimate of drug-likeness (QED) is 0.800. The molecule has 0 unspecified atom stereocenters. The number of ether oxygens (including phenoxy) is 2. The van der Waals surface area contributed by atoms with Gasteiger partial charge < -0.3 is 14.8 Å². The van der Waals surface area contributed by atoms with E-state index >= 15 is 0 Å². The van der Waals surface area contributed by atoms with Gasteiger partial charge in [-0.05, 0) is 60.7 Å². The number of nitrogens with two attached hydrogens (primary N) is 1. The average Bonchev–Trinajstić information content (AvgIpc) is 3.07. The molecule has 0 saturated carbocycles. The lowest BCUT2D eigenvalue weighted by Gasteiger charge is -2.11. The lowest BCUT2D eigenvalue weighted by atomic mass is 10.1. The summed E-state index contributed by atoms with van der Waals surface area (Å²) in [5.41, 5.74) is 2.88. The highest BCUT2D eigenvalue weighted by Gasteiger charge is 2.17. The number of carbonyl (C=O) groups excluding carboxylic acids is 1. The Hall–Kier alpha value is -2.58. The molecule has 0 atom stereocenters. The van der Waals surface area contributed by atoms with Crippen LogP contribution in [0.15, 0.2) is 41.3 Å². The number of sulfonamides is 1. The lowest BCUT2D eigenvalue weighted by molar-refractivity contribution is -0.118. The number of methoxy groups -OCH3 is 1. The second-order valence-corrected chi connectivity index (χ2v) is 7.56. The molecule has 1 amide bonds. The molecule has 0 aliphatic heterocycles. The monoisotopic (exact) mass is 376 g/mol.